The first-order valence-electron chi connectivity index (χ1n) is 5.15. The summed E-state index contributed by atoms with van der Waals surface area (Å²) < 4.78 is 0.924. The Kier molecular flexibility index (Phi) is 3.54. The largest absolute Gasteiger partial charge is 0.321 e. The van der Waals surface area contributed by atoms with Crippen molar-refractivity contribution in [3.8, 4) is 0 Å². The predicted octanol–water partition coefficient (Wildman–Crippen LogP) is 3.40. The molecule has 3 nitrogen and oxygen atoms in total. The van der Waals surface area contributed by atoms with Gasteiger partial charge in [0.25, 0.3) is 5.91 Å². The fourth-order valence-electron chi connectivity index (χ4n) is 1.48. The summed E-state index contributed by atoms with van der Waals surface area (Å²) in [5.41, 5.74) is 2.06. The van der Waals surface area contributed by atoms with Crippen LogP contribution in [0.1, 0.15) is 16.1 Å². The zero-order chi connectivity index (χ0) is 12.3. The number of nitrogens with zero attached hydrogens (tertiary/aromatic N) is 1. The van der Waals surface area contributed by atoms with E-state index in [-0.39, 0.29) is 5.91 Å². The van der Waals surface area contributed by atoms with Crippen LogP contribution in [0.2, 0.25) is 0 Å². The van der Waals surface area contributed by atoms with Gasteiger partial charge in [0.1, 0.15) is 5.69 Å². The van der Waals surface area contributed by atoms with Crippen molar-refractivity contribution in [2.45, 2.75) is 6.92 Å². The first kappa shape index (κ1) is 11.8. The van der Waals surface area contributed by atoms with Crippen molar-refractivity contribution in [3.05, 3.63) is 58.3 Å². The SMILES string of the molecule is Cc1cccnc1C(=O)Nc1cccc(Br)c1. The molecule has 0 bridgehead atoms. The smallest absolute Gasteiger partial charge is 0.274 e. The summed E-state index contributed by atoms with van der Waals surface area (Å²) in [4.78, 5) is 16.0. The van der Waals surface area contributed by atoms with Gasteiger partial charge in [0, 0.05) is 16.4 Å². The fraction of sp³-hybridized carbons (Fsp3) is 0.0769. The minimum Gasteiger partial charge on any atom is -0.321 e. The summed E-state index contributed by atoms with van der Waals surface area (Å²) in [6, 6.07) is 11.1. The van der Waals surface area contributed by atoms with E-state index < -0.39 is 0 Å². The highest BCUT2D eigenvalue weighted by Gasteiger charge is 2.09. The molecule has 1 N–H and O–H groups in total. The third-order valence-corrected chi connectivity index (χ3v) is 2.80. The number of aryl methyl sites for hydroxylation is 1. The van der Waals surface area contributed by atoms with Crippen LogP contribution in [0.5, 0.6) is 0 Å². The molecule has 0 radical (unpaired) electrons. The number of pyridine rings is 1. The molecule has 0 unspecified atom stereocenters. The van der Waals surface area contributed by atoms with E-state index in [2.05, 4.69) is 26.2 Å². The number of halogens is 1. The van der Waals surface area contributed by atoms with Crippen LogP contribution in [-0.4, -0.2) is 10.9 Å². The van der Waals surface area contributed by atoms with Crippen molar-refractivity contribution >= 4 is 27.5 Å². The van der Waals surface area contributed by atoms with Crippen LogP contribution >= 0.6 is 15.9 Å². The maximum absolute atomic E-state index is 12.0. The second-order valence-electron chi connectivity index (χ2n) is 3.63. The van der Waals surface area contributed by atoms with Crippen molar-refractivity contribution < 1.29 is 4.79 Å². The van der Waals surface area contributed by atoms with Crippen LogP contribution in [0.4, 0.5) is 5.69 Å². The summed E-state index contributed by atoms with van der Waals surface area (Å²) in [5.74, 6) is -0.193. The van der Waals surface area contributed by atoms with E-state index in [4.69, 9.17) is 0 Å². The number of hydrogen-bond donors (Lipinski definition) is 1. The first-order valence-corrected chi connectivity index (χ1v) is 5.94. The number of rotatable bonds is 2. The lowest BCUT2D eigenvalue weighted by Gasteiger charge is -2.06. The lowest BCUT2D eigenvalue weighted by molar-refractivity contribution is 0.102. The molecule has 0 aliphatic rings. The lowest BCUT2D eigenvalue weighted by atomic mass is 10.2. The van der Waals surface area contributed by atoms with Gasteiger partial charge < -0.3 is 5.32 Å². The van der Waals surface area contributed by atoms with Crippen LogP contribution in [0.25, 0.3) is 0 Å². The van der Waals surface area contributed by atoms with Crippen molar-refractivity contribution in [1.29, 1.82) is 0 Å². The molecule has 4 heteroatoms. The van der Waals surface area contributed by atoms with Crippen molar-refractivity contribution in [3.63, 3.8) is 0 Å². The Labute approximate surface area is 108 Å². The van der Waals surface area contributed by atoms with Gasteiger partial charge in [-0.15, -0.1) is 0 Å². The number of hydrogen-bond acceptors (Lipinski definition) is 2. The van der Waals surface area contributed by atoms with Crippen LogP contribution in [0, 0.1) is 6.92 Å². The molecule has 2 aromatic rings. The van der Waals surface area contributed by atoms with Gasteiger partial charge in [-0.25, -0.2) is 0 Å². The van der Waals surface area contributed by atoms with Gasteiger partial charge in [0.2, 0.25) is 0 Å². The van der Waals surface area contributed by atoms with Crippen molar-refractivity contribution in [2.75, 3.05) is 5.32 Å². The zero-order valence-corrected chi connectivity index (χ0v) is 10.9. The maximum atomic E-state index is 12.0. The highest BCUT2D eigenvalue weighted by Crippen LogP contribution is 2.16. The van der Waals surface area contributed by atoms with Gasteiger partial charge in [-0.3, -0.25) is 9.78 Å². The second kappa shape index (κ2) is 5.10. The number of carbonyl (C=O) groups is 1. The molecule has 0 fully saturated rings. The van der Waals surface area contributed by atoms with Gasteiger partial charge >= 0.3 is 0 Å². The zero-order valence-electron chi connectivity index (χ0n) is 9.27. The van der Waals surface area contributed by atoms with Crippen LogP contribution in [0.3, 0.4) is 0 Å². The highest BCUT2D eigenvalue weighted by molar-refractivity contribution is 9.10. The standard InChI is InChI=1S/C13H11BrN2O/c1-9-4-3-7-15-12(9)13(17)16-11-6-2-5-10(14)8-11/h2-8H,1H3,(H,16,17). The van der Waals surface area contributed by atoms with E-state index in [1.165, 1.54) is 0 Å². The molecule has 2 rings (SSSR count). The number of amides is 1. The molecular weight excluding hydrogens is 280 g/mol. The molecular formula is C13H11BrN2O. The van der Waals surface area contributed by atoms with Gasteiger partial charge in [-0.1, -0.05) is 28.1 Å². The van der Waals surface area contributed by atoms with Gasteiger partial charge in [0.05, 0.1) is 0 Å². The number of carbonyl (C=O) groups excluding carboxylic acids is 1. The second-order valence-corrected chi connectivity index (χ2v) is 4.55. The van der Waals surface area contributed by atoms with Crippen molar-refractivity contribution in [2.24, 2.45) is 0 Å². The topological polar surface area (TPSA) is 42.0 Å². The Balaban J connectivity index is 2.20. The minimum absolute atomic E-state index is 0.193. The normalized spacial score (nSPS) is 10.0. The Bertz CT molecular complexity index is 555. The fourth-order valence-corrected chi connectivity index (χ4v) is 1.88. The van der Waals surface area contributed by atoms with Gasteiger partial charge in [-0.05, 0) is 36.8 Å². The Morgan fingerprint density at radius 1 is 1.29 bits per heavy atom. The van der Waals surface area contributed by atoms with Crippen LogP contribution in [0.15, 0.2) is 47.1 Å². The average Bonchev–Trinajstić information content (AvgIpc) is 2.29. The first-order chi connectivity index (χ1) is 8.16. The van der Waals surface area contributed by atoms with Crippen molar-refractivity contribution in [1.82, 2.24) is 4.98 Å². The molecule has 0 spiro atoms. The summed E-state index contributed by atoms with van der Waals surface area (Å²) in [5, 5.41) is 2.81. The van der Waals surface area contributed by atoms with E-state index >= 15 is 0 Å². The van der Waals surface area contributed by atoms with Gasteiger partial charge in [-0.2, -0.15) is 0 Å². The third-order valence-electron chi connectivity index (χ3n) is 2.31. The molecule has 0 saturated heterocycles. The molecule has 0 saturated carbocycles. The highest BCUT2D eigenvalue weighted by atomic mass is 79.9. The van der Waals surface area contributed by atoms with E-state index in [1.54, 1.807) is 6.20 Å². The molecule has 0 atom stereocenters. The van der Waals surface area contributed by atoms with Crippen LogP contribution < -0.4 is 5.32 Å². The lowest BCUT2D eigenvalue weighted by Crippen LogP contribution is -2.14. The van der Waals surface area contributed by atoms with Crippen LogP contribution in [-0.2, 0) is 0 Å². The molecule has 1 aromatic carbocycles. The van der Waals surface area contributed by atoms with Gasteiger partial charge in [0.15, 0.2) is 0 Å². The Morgan fingerprint density at radius 2 is 2.12 bits per heavy atom. The number of aromatic nitrogens is 1. The molecule has 86 valence electrons. The summed E-state index contributed by atoms with van der Waals surface area (Å²) >= 11 is 3.36. The summed E-state index contributed by atoms with van der Waals surface area (Å²) in [6.45, 7) is 1.86. The van der Waals surface area contributed by atoms with E-state index in [0.29, 0.717) is 5.69 Å². The molecule has 0 aliphatic heterocycles. The molecule has 1 aromatic heterocycles. The summed E-state index contributed by atoms with van der Waals surface area (Å²) in [6.07, 6.45) is 1.61. The molecule has 1 heterocycles. The van der Waals surface area contributed by atoms with E-state index in [9.17, 15) is 4.79 Å². The number of benzene rings is 1. The predicted molar refractivity (Wildman–Crippen MR) is 71.1 cm³/mol. The Hall–Kier alpha value is -1.68. The summed E-state index contributed by atoms with van der Waals surface area (Å²) in [7, 11) is 0. The quantitative estimate of drug-likeness (QED) is 0.921. The molecule has 0 aliphatic carbocycles. The molecule has 17 heavy (non-hydrogen) atoms. The maximum Gasteiger partial charge on any atom is 0.274 e. The minimum atomic E-state index is -0.193. The third kappa shape index (κ3) is 2.91. The van der Waals surface area contributed by atoms with E-state index in [0.717, 1.165) is 15.7 Å². The number of nitrogens with one attached hydrogen (secondary N) is 1. The molecule has 1 amide bonds. The van der Waals surface area contributed by atoms with E-state index in [1.807, 2.05) is 43.3 Å². The number of anilines is 1. The average molecular weight is 291 g/mol. The monoisotopic (exact) mass is 290 g/mol. The Morgan fingerprint density at radius 3 is 2.82 bits per heavy atom.